The van der Waals surface area contributed by atoms with Gasteiger partial charge in [-0.3, -0.25) is 4.79 Å². The molecule has 0 aromatic heterocycles. The minimum Gasteiger partial charge on any atom is -0.474 e. The normalized spacial score (nSPS) is 7.33. The Morgan fingerprint density at radius 2 is 0.917 bits per heavy atom. The molecule has 5 N–H and O–H groups in total. The Kier molecular flexibility index (Phi) is 5.91. The minimum atomic E-state index is -1.82. The molecule has 0 unspecified atom stereocenters. The molecule has 68 valence electrons. The van der Waals surface area contributed by atoms with E-state index in [1.165, 1.54) is 0 Å². The van der Waals surface area contributed by atoms with Gasteiger partial charge < -0.3 is 21.1 Å². The van der Waals surface area contributed by atoms with Gasteiger partial charge in [-0.15, -0.1) is 0 Å². The lowest BCUT2D eigenvalue weighted by Gasteiger charge is -1.74. The van der Waals surface area contributed by atoms with Crippen LogP contribution in [0.25, 0.3) is 0 Å². The van der Waals surface area contributed by atoms with Crippen LogP contribution in [0.5, 0.6) is 0 Å². The number of carboxylic acid groups (broad SMARTS) is 3. The van der Waals surface area contributed by atoms with Crippen LogP contribution in [0.4, 0.5) is 0 Å². The maximum atomic E-state index is 9.32. The van der Waals surface area contributed by atoms with Gasteiger partial charge in [0.25, 0.3) is 0 Å². The number of nitrogens with two attached hydrogens (primary N) is 1. The summed E-state index contributed by atoms with van der Waals surface area (Å²) in [6.45, 7) is 0. The van der Waals surface area contributed by atoms with E-state index in [4.69, 9.17) is 24.9 Å². The monoisotopic (exact) mass is 179 g/mol. The highest BCUT2D eigenvalue weighted by atomic mass is 16.4. The van der Waals surface area contributed by atoms with Gasteiger partial charge in [0.1, 0.15) is 0 Å². The number of hydrogen-bond acceptors (Lipinski definition) is 4. The number of carbonyl (C=O) groups is 4. The van der Waals surface area contributed by atoms with Crippen LogP contribution in [0.15, 0.2) is 0 Å². The quantitative estimate of drug-likeness (QED) is 0.305. The van der Waals surface area contributed by atoms with Crippen molar-refractivity contribution >= 4 is 23.8 Å². The molecule has 0 rings (SSSR count). The standard InChI is InChI=1S/C2H3NO3.C2H2O4/c2*3-1(4)2(5)6/h(H2,3,4)(H,5,6);(H,3,4)(H,5,6). The average molecular weight is 179 g/mol. The third kappa shape index (κ3) is 10.8. The second-order valence-electron chi connectivity index (χ2n) is 1.28. The molecule has 0 aromatic carbocycles. The molecular weight excluding hydrogens is 174 g/mol. The maximum Gasteiger partial charge on any atom is 0.414 e. The van der Waals surface area contributed by atoms with Crippen molar-refractivity contribution in [3.05, 3.63) is 0 Å². The van der Waals surface area contributed by atoms with Crippen LogP contribution in [0.1, 0.15) is 0 Å². The summed E-state index contributed by atoms with van der Waals surface area (Å²) in [4.78, 5) is 36.7. The van der Waals surface area contributed by atoms with Gasteiger partial charge in [0.2, 0.25) is 0 Å². The van der Waals surface area contributed by atoms with Crippen LogP contribution >= 0.6 is 0 Å². The second-order valence-corrected chi connectivity index (χ2v) is 1.28. The first-order chi connectivity index (χ1) is 5.29. The van der Waals surface area contributed by atoms with Gasteiger partial charge >= 0.3 is 23.8 Å². The van der Waals surface area contributed by atoms with Crippen molar-refractivity contribution in [2.75, 3.05) is 0 Å². The SMILES string of the molecule is NC(=O)C(=O)O.O=C(O)C(=O)O. The highest BCUT2D eigenvalue weighted by molar-refractivity contribution is 6.30. The smallest absolute Gasteiger partial charge is 0.414 e. The van der Waals surface area contributed by atoms with E-state index >= 15 is 0 Å². The summed E-state index contributed by atoms with van der Waals surface area (Å²) in [5.41, 5.74) is 4.20. The lowest BCUT2D eigenvalue weighted by molar-refractivity contribution is -0.159. The number of rotatable bonds is 0. The Balaban J connectivity index is 0. The van der Waals surface area contributed by atoms with Crippen LogP contribution in [-0.4, -0.2) is 39.1 Å². The molecule has 0 fully saturated rings. The molecule has 8 heteroatoms. The molecule has 0 aliphatic carbocycles. The Labute approximate surface area is 65.2 Å². The Morgan fingerprint density at radius 1 is 0.750 bits per heavy atom. The lowest BCUT2D eigenvalue weighted by Crippen LogP contribution is -2.21. The molecule has 8 nitrogen and oxygen atoms in total. The highest BCUT2D eigenvalue weighted by Gasteiger charge is 2.04. The van der Waals surface area contributed by atoms with Crippen molar-refractivity contribution in [3.8, 4) is 0 Å². The highest BCUT2D eigenvalue weighted by Crippen LogP contribution is 1.56. The molecule has 0 aliphatic heterocycles. The molecule has 0 heterocycles. The summed E-state index contributed by atoms with van der Waals surface area (Å²) in [6.07, 6.45) is 0. The number of carboxylic acids is 3. The Bertz CT molecular complexity index is 171. The summed E-state index contributed by atoms with van der Waals surface area (Å²) >= 11 is 0. The fraction of sp³-hybridized carbons (Fsp3) is 0. The van der Waals surface area contributed by atoms with Gasteiger partial charge in [0.05, 0.1) is 0 Å². The van der Waals surface area contributed by atoms with Gasteiger partial charge in [0, 0.05) is 0 Å². The van der Waals surface area contributed by atoms with E-state index in [1.807, 2.05) is 0 Å². The molecule has 0 saturated heterocycles. The van der Waals surface area contributed by atoms with Crippen molar-refractivity contribution < 1.29 is 34.5 Å². The fourth-order valence-corrected chi connectivity index (χ4v) is 0. The molecule has 12 heavy (non-hydrogen) atoms. The van der Waals surface area contributed by atoms with Gasteiger partial charge in [-0.1, -0.05) is 0 Å². The predicted molar refractivity (Wildman–Crippen MR) is 32.1 cm³/mol. The van der Waals surface area contributed by atoms with Crippen molar-refractivity contribution in [2.24, 2.45) is 5.73 Å². The third-order valence-electron chi connectivity index (χ3n) is 0.394. The summed E-state index contributed by atoms with van der Waals surface area (Å²) in [6, 6.07) is 0. The number of carbonyl (C=O) groups excluding carboxylic acids is 1. The van der Waals surface area contributed by atoms with Crippen LogP contribution in [-0.2, 0) is 19.2 Å². The lowest BCUT2D eigenvalue weighted by atomic mass is 10.7. The van der Waals surface area contributed by atoms with Crippen LogP contribution in [0.2, 0.25) is 0 Å². The van der Waals surface area contributed by atoms with Crippen LogP contribution < -0.4 is 5.73 Å². The number of aliphatic carboxylic acids is 3. The molecule has 0 bridgehead atoms. The first kappa shape index (κ1) is 12.5. The first-order valence-electron chi connectivity index (χ1n) is 2.28. The largest absolute Gasteiger partial charge is 0.474 e. The zero-order valence-electron chi connectivity index (χ0n) is 5.55. The molecule has 0 saturated carbocycles. The average Bonchev–Trinajstić information content (AvgIpc) is 1.88. The van der Waals surface area contributed by atoms with E-state index in [2.05, 4.69) is 5.73 Å². The van der Waals surface area contributed by atoms with E-state index in [0.29, 0.717) is 0 Å². The Morgan fingerprint density at radius 3 is 0.917 bits per heavy atom. The number of hydrogen-bond donors (Lipinski definition) is 4. The zero-order valence-corrected chi connectivity index (χ0v) is 5.55. The molecule has 0 spiro atoms. The first-order valence-corrected chi connectivity index (χ1v) is 2.28. The summed E-state index contributed by atoms with van der Waals surface area (Å²) in [7, 11) is 0. The summed E-state index contributed by atoms with van der Waals surface area (Å²) in [5.74, 6) is -6.57. The molecule has 1 amide bonds. The van der Waals surface area contributed by atoms with E-state index in [0.717, 1.165) is 0 Å². The van der Waals surface area contributed by atoms with Gasteiger partial charge in [0.15, 0.2) is 0 Å². The number of primary amides is 1. The fourth-order valence-electron chi connectivity index (χ4n) is 0. The van der Waals surface area contributed by atoms with Gasteiger partial charge in [-0.05, 0) is 0 Å². The summed E-state index contributed by atoms with van der Waals surface area (Å²) < 4.78 is 0. The van der Waals surface area contributed by atoms with Crippen molar-refractivity contribution in [1.82, 2.24) is 0 Å². The maximum absolute atomic E-state index is 9.32. The molecule has 0 aromatic rings. The third-order valence-corrected chi connectivity index (χ3v) is 0.394. The van der Waals surface area contributed by atoms with Gasteiger partial charge in [-0.2, -0.15) is 0 Å². The number of amides is 1. The topological polar surface area (TPSA) is 155 Å². The molecular formula is C4H5NO7. The molecule has 0 radical (unpaired) electrons. The predicted octanol–water partition coefficient (Wildman–Crippen LogP) is -2.29. The van der Waals surface area contributed by atoms with Crippen molar-refractivity contribution in [2.45, 2.75) is 0 Å². The minimum absolute atomic E-state index is 1.32. The van der Waals surface area contributed by atoms with Gasteiger partial charge in [-0.25, -0.2) is 14.4 Å². The molecule has 0 atom stereocenters. The van der Waals surface area contributed by atoms with Crippen LogP contribution in [0, 0.1) is 0 Å². The van der Waals surface area contributed by atoms with Crippen molar-refractivity contribution in [3.63, 3.8) is 0 Å². The van der Waals surface area contributed by atoms with E-state index < -0.39 is 23.8 Å². The Hall–Kier alpha value is -2.12. The van der Waals surface area contributed by atoms with Crippen molar-refractivity contribution in [1.29, 1.82) is 0 Å². The van der Waals surface area contributed by atoms with Crippen LogP contribution in [0.3, 0.4) is 0 Å². The summed E-state index contributed by atoms with van der Waals surface area (Å²) in [5, 5.41) is 22.3. The van der Waals surface area contributed by atoms with E-state index in [9.17, 15) is 9.59 Å². The second kappa shape index (κ2) is 5.65. The van der Waals surface area contributed by atoms with E-state index in [1.54, 1.807) is 0 Å². The molecule has 0 aliphatic rings. The zero-order chi connectivity index (χ0) is 10.3. The van der Waals surface area contributed by atoms with E-state index in [-0.39, 0.29) is 0 Å².